The second kappa shape index (κ2) is 6.22. The van der Waals surface area contributed by atoms with E-state index in [2.05, 4.69) is 9.79 Å². The molecular formula is C14H10N4O3. The van der Waals surface area contributed by atoms with Crippen molar-refractivity contribution in [3.8, 4) is 17.9 Å². The summed E-state index contributed by atoms with van der Waals surface area (Å²) in [6.07, 6.45) is 1.47. The van der Waals surface area contributed by atoms with Crippen LogP contribution < -0.4 is 9.64 Å². The lowest BCUT2D eigenvalue weighted by Crippen LogP contribution is -2.29. The van der Waals surface area contributed by atoms with Crippen LogP contribution in [0.1, 0.15) is 17.0 Å². The largest absolute Gasteiger partial charge is 0.485 e. The zero-order chi connectivity index (χ0) is 15.2. The smallest absolute Gasteiger partial charge is 0.235 e. The maximum absolute atomic E-state index is 11.2. The van der Waals surface area contributed by atoms with Gasteiger partial charge in [0, 0.05) is 12.1 Å². The highest BCUT2D eigenvalue weighted by Crippen LogP contribution is 2.15. The van der Waals surface area contributed by atoms with Crippen molar-refractivity contribution in [1.29, 1.82) is 10.5 Å². The van der Waals surface area contributed by atoms with Crippen molar-refractivity contribution in [3.05, 3.63) is 52.0 Å². The topological polar surface area (TPSA) is 110 Å². The molecule has 0 unspecified atom stereocenters. The van der Waals surface area contributed by atoms with Gasteiger partial charge in [0.15, 0.2) is 6.61 Å². The molecule has 21 heavy (non-hydrogen) atoms. The Bertz CT molecular complexity index is 713. The molecule has 0 aliphatic carbocycles. The number of nitriles is 2. The number of rotatable bonds is 4. The van der Waals surface area contributed by atoms with E-state index < -0.39 is 0 Å². The van der Waals surface area contributed by atoms with Gasteiger partial charge < -0.3 is 9.94 Å². The summed E-state index contributed by atoms with van der Waals surface area (Å²) >= 11 is 0. The third kappa shape index (κ3) is 3.37. The highest BCUT2D eigenvalue weighted by molar-refractivity contribution is 5.62. The van der Waals surface area contributed by atoms with E-state index >= 15 is 0 Å². The molecule has 1 heterocycles. The lowest BCUT2D eigenvalue weighted by atomic mass is 10.1. The predicted octanol–water partition coefficient (Wildman–Crippen LogP) is 1.63. The zero-order valence-corrected chi connectivity index (χ0v) is 11.1. The van der Waals surface area contributed by atoms with Crippen molar-refractivity contribution in [2.75, 3.05) is 0 Å². The van der Waals surface area contributed by atoms with Gasteiger partial charge in [0.1, 0.15) is 23.5 Å². The predicted molar refractivity (Wildman–Crippen MR) is 70.2 cm³/mol. The van der Waals surface area contributed by atoms with Crippen molar-refractivity contribution < 1.29 is 14.3 Å². The van der Waals surface area contributed by atoms with Crippen LogP contribution >= 0.6 is 0 Å². The quantitative estimate of drug-likeness (QED) is 0.622. The van der Waals surface area contributed by atoms with E-state index in [0.717, 1.165) is 0 Å². The molecule has 0 bridgehead atoms. The van der Waals surface area contributed by atoms with Gasteiger partial charge in [-0.15, -0.1) is 0 Å². The van der Waals surface area contributed by atoms with Gasteiger partial charge in [-0.05, 0) is 28.7 Å². The highest BCUT2D eigenvalue weighted by Gasteiger charge is 2.14. The van der Waals surface area contributed by atoms with E-state index in [1.54, 1.807) is 43.3 Å². The lowest BCUT2D eigenvalue weighted by Gasteiger charge is -2.04. The van der Waals surface area contributed by atoms with Gasteiger partial charge in [0.2, 0.25) is 11.4 Å². The second-order valence-electron chi connectivity index (χ2n) is 4.10. The van der Waals surface area contributed by atoms with Crippen molar-refractivity contribution in [1.82, 2.24) is 5.16 Å². The van der Waals surface area contributed by atoms with Gasteiger partial charge in [0.05, 0.1) is 0 Å². The average Bonchev–Trinajstić information content (AvgIpc) is 2.83. The molecule has 0 saturated carbocycles. The van der Waals surface area contributed by atoms with E-state index in [1.807, 2.05) is 0 Å². The van der Waals surface area contributed by atoms with Gasteiger partial charge >= 0.3 is 0 Å². The minimum absolute atomic E-state index is 0.0242. The minimum atomic E-state index is 0.0242. The molecule has 0 saturated heterocycles. The van der Waals surface area contributed by atoms with E-state index in [1.165, 1.54) is 6.08 Å². The number of nitrogens with zero attached hydrogens (tertiary/aromatic N) is 4. The van der Waals surface area contributed by atoms with E-state index in [-0.39, 0.29) is 12.2 Å². The summed E-state index contributed by atoms with van der Waals surface area (Å²) in [6, 6.07) is 10.3. The van der Waals surface area contributed by atoms with Crippen LogP contribution in [0, 0.1) is 34.8 Å². The Morgan fingerprint density at radius 2 is 2.05 bits per heavy atom. The van der Waals surface area contributed by atoms with Crippen molar-refractivity contribution in [3.63, 3.8) is 0 Å². The average molecular weight is 282 g/mol. The first-order chi connectivity index (χ1) is 10.1. The standard InChI is InChI=1S/C14H10N4O3/c1-10-14(18(19)21-17-10)9-20-13-4-2-11(3-5-13)6-12(7-15)8-16/h2-6H,9H2,1H3. The number of hydrogen-bond donors (Lipinski definition) is 0. The molecule has 7 heteroatoms. The van der Waals surface area contributed by atoms with Crippen LogP contribution in [-0.4, -0.2) is 5.16 Å². The van der Waals surface area contributed by atoms with Gasteiger partial charge in [-0.25, -0.2) is 0 Å². The van der Waals surface area contributed by atoms with Crippen LogP contribution in [0.4, 0.5) is 0 Å². The summed E-state index contributed by atoms with van der Waals surface area (Å²) in [5.74, 6) is 0.545. The number of aryl methyl sites for hydroxylation is 1. The molecule has 7 nitrogen and oxygen atoms in total. The number of allylic oxidation sites excluding steroid dienone is 1. The first-order valence-electron chi connectivity index (χ1n) is 5.94. The van der Waals surface area contributed by atoms with Gasteiger partial charge in [-0.1, -0.05) is 12.1 Å². The Morgan fingerprint density at radius 1 is 1.38 bits per heavy atom. The Hall–Kier alpha value is -3.32. The Morgan fingerprint density at radius 3 is 2.57 bits per heavy atom. The summed E-state index contributed by atoms with van der Waals surface area (Å²) in [5.41, 5.74) is 1.50. The normalized spacial score (nSPS) is 9.48. The Kier molecular flexibility index (Phi) is 4.17. The van der Waals surface area contributed by atoms with Crippen molar-refractivity contribution >= 4 is 6.08 Å². The first kappa shape index (κ1) is 14.1. The van der Waals surface area contributed by atoms with Gasteiger partial charge in [-0.2, -0.15) is 10.5 Å². The summed E-state index contributed by atoms with van der Waals surface area (Å²) in [4.78, 5) is 0.304. The Labute approximate surface area is 120 Å². The molecule has 0 radical (unpaired) electrons. The second-order valence-corrected chi connectivity index (χ2v) is 4.10. The first-order valence-corrected chi connectivity index (χ1v) is 5.94. The monoisotopic (exact) mass is 282 g/mol. The summed E-state index contributed by atoms with van der Waals surface area (Å²) in [5, 5.41) is 32.1. The highest BCUT2D eigenvalue weighted by atomic mass is 16.8. The third-order valence-electron chi connectivity index (χ3n) is 2.70. The van der Waals surface area contributed by atoms with Gasteiger partial charge in [-0.3, -0.25) is 4.63 Å². The molecule has 1 aromatic heterocycles. The molecule has 0 N–H and O–H groups in total. The zero-order valence-electron chi connectivity index (χ0n) is 11.1. The lowest BCUT2D eigenvalue weighted by molar-refractivity contribution is -0.808. The minimum Gasteiger partial charge on any atom is -0.485 e. The van der Waals surface area contributed by atoms with E-state index in [4.69, 9.17) is 15.3 Å². The van der Waals surface area contributed by atoms with Crippen LogP contribution in [-0.2, 0) is 6.61 Å². The maximum atomic E-state index is 11.2. The summed E-state index contributed by atoms with van der Waals surface area (Å²) < 4.78 is 9.89. The molecular weight excluding hydrogens is 272 g/mol. The summed E-state index contributed by atoms with van der Waals surface area (Å²) in [6.45, 7) is 1.69. The fourth-order valence-corrected chi connectivity index (χ4v) is 1.56. The maximum Gasteiger partial charge on any atom is 0.235 e. The number of hydrogen-bond acceptors (Lipinski definition) is 6. The summed E-state index contributed by atoms with van der Waals surface area (Å²) in [7, 11) is 0. The molecule has 0 amide bonds. The van der Waals surface area contributed by atoms with Crippen LogP contribution in [0.2, 0.25) is 0 Å². The molecule has 2 aromatic rings. The van der Waals surface area contributed by atoms with Crippen LogP contribution in [0.25, 0.3) is 6.08 Å². The molecule has 104 valence electrons. The fourth-order valence-electron chi connectivity index (χ4n) is 1.56. The third-order valence-corrected chi connectivity index (χ3v) is 2.70. The molecule has 2 rings (SSSR count). The van der Waals surface area contributed by atoms with Crippen LogP contribution in [0.15, 0.2) is 34.5 Å². The number of ether oxygens (including phenoxy) is 1. The van der Waals surface area contributed by atoms with Crippen molar-refractivity contribution in [2.24, 2.45) is 0 Å². The molecule has 1 aromatic carbocycles. The molecule has 0 aliphatic rings. The van der Waals surface area contributed by atoms with E-state index in [0.29, 0.717) is 27.6 Å². The molecule has 0 atom stereocenters. The SMILES string of the molecule is Cc1no[n+]([O-])c1COc1ccc(C=C(C#N)C#N)cc1. The molecule has 0 fully saturated rings. The number of benzene rings is 1. The van der Waals surface area contributed by atoms with Crippen molar-refractivity contribution in [2.45, 2.75) is 13.5 Å². The van der Waals surface area contributed by atoms with Gasteiger partial charge in [0.25, 0.3) is 0 Å². The molecule has 0 spiro atoms. The number of aromatic nitrogens is 2. The van der Waals surface area contributed by atoms with Crippen LogP contribution in [0.3, 0.4) is 0 Å². The Balaban J connectivity index is 2.06. The van der Waals surface area contributed by atoms with E-state index in [9.17, 15) is 5.21 Å². The molecule has 0 aliphatic heterocycles. The fraction of sp³-hybridized carbons (Fsp3) is 0.143. The van der Waals surface area contributed by atoms with Crippen LogP contribution in [0.5, 0.6) is 5.75 Å².